The van der Waals surface area contributed by atoms with E-state index in [-0.39, 0.29) is 31.7 Å². The van der Waals surface area contributed by atoms with Crippen LogP contribution in [0.2, 0.25) is 0 Å². The zero-order valence-electron chi connectivity index (χ0n) is 21.7. The van der Waals surface area contributed by atoms with Crippen molar-refractivity contribution in [2.24, 2.45) is 0 Å². The van der Waals surface area contributed by atoms with Gasteiger partial charge in [-0.2, -0.15) is 20.1 Å². The second-order valence-corrected chi connectivity index (χ2v) is 9.40. The molecule has 2 N–H and O–H groups in total. The van der Waals surface area contributed by atoms with Crippen LogP contribution in [0, 0.1) is 0 Å². The van der Waals surface area contributed by atoms with E-state index in [1.54, 1.807) is 47.1 Å². The molecule has 1 aliphatic rings. The van der Waals surface area contributed by atoms with Gasteiger partial charge in [-0.15, -0.1) is 0 Å². The van der Waals surface area contributed by atoms with Crippen LogP contribution in [-0.2, 0) is 22.6 Å². The number of ether oxygens (including phenoxy) is 3. The standard InChI is InChI=1S/C27H30F2N6O5/c28-27(29,17-30-26(37)39-16-19-6-2-1-3-7-19)18-40-20-9-10-23-21(14-20)25(22-15-31-34(32-22)11-12-36)33-35(23)24-8-4-5-13-38-24/h1-3,6-7,9-10,14-15,24,36H,4-5,8,11-13,16-18H2,(H,30,37). The van der Waals surface area contributed by atoms with Gasteiger partial charge in [0.2, 0.25) is 0 Å². The van der Waals surface area contributed by atoms with Gasteiger partial charge < -0.3 is 24.6 Å². The van der Waals surface area contributed by atoms with E-state index in [0.29, 0.717) is 23.4 Å². The van der Waals surface area contributed by atoms with Crippen molar-refractivity contribution in [2.75, 3.05) is 26.4 Å². The third kappa shape index (κ3) is 6.72. The summed E-state index contributed by atoms with van der Waals surface area (Å²) in [5.74, 6) is -3.15. The Kier molecular flexibility index (Phi) is 8.51. The number of nitrogens with one attached hydrogen (secondary N) is 1. The topological polar surface area (TPSA) is 126 Å². The smallest absolute Gasteiger partial charge is 0.407 e. The highest BCUT2D eigenvalue weighted by molar-refractivity contribution is 5.93. The highest BCUT2D eigenvalue weighted by Crippen LogP contribution is 2.34. The van der Waals surface area contributed by atoms with Crippen molar-refractivity contribution in [3.05, 3.63) is 60.3 Å². The molecule has 5 rings (SSSR count). The minimum Gasteiger partial charge on any atom is -0.487 e. The number of carbonyl (C=O) groups excluding carboxylic acids is 1. The number of aliphatic hydroxyl groups is 1. The molecule has 212 valence electrons. The van der Waals surface area contributed by atoms with Gasteiger partial charge in [0.25, 0.3) is 5.92 Å². The van der Waals surface area contributed by atoms with Crippen LogP contribution in [0.1, 0.15) is 31.1 Å². The minimum atomic E-state index is -3.35. The fourth-order valence-electron chi connectivity index (χ4n) is 4.35. The average molecular weight is 557 g/mol. The molecule has 2 aromatic heterocycles. The van der Waals surface area contributed by atoms with E-state index < -0.39 is 25.2 Å². The number of halogens is 2. The lowest BCUT2D eigenvalue weighted by atomic mass is 10.1. The van der Waals surface area contributed by atoms with Crippen LogP contribution in [0.4, 0.5) is 13.6 Å². The number of alkyl carbamates (subject to hydrolysis) is 1. The molecule has 1 aliphatic heterocycles. The fraction of sp³-hybridized carbons (Fsp3) is 0.407. The first-order valence-electron chi connectivity index (χ1n) is 13.0. The molecule has 1 saturated heterocycles. The first-order valence-corrected chi connectivity index (χ1v) is 13.0. The van der Waals surface area contributed by atoms with Gasteiger partial charge in [0, 0.05) is 12.0 Å². The van der Waals surface area contributed by atoms with E-state index in [0.717, 1.165) is 30.3 Å². The van der Waals surface area contributed by atoms with Crippen molar-refractivity contribution in [2.45, 2.75) is 44.6 Å². The molecule has 1 atom stereocenters. The lowest BCUT2D eigenvalue weighted by Crippen LogP contribution is -2.40. The maximum atomic E-state index is 14.5. The number of hydrogen-bond acceptors (Lipinski definition) is 8. The molecule has 0 spiro atoms. The molecule has 4 aromatic rings. The summed E-state index contributed by atoms with van der Waals surface area (Å²) in [5, 5.41) is 25.2. The Morgan fingerprint density at radius 3 is 2.80 bits per heavy atom. The molecule has 0 saturated carbocycles. The predicted molar refractivity (Wildman–Crippen MR) is 140 cm³/mol. The van der Waals surface area contributed by atoms with E-state index in [1.807, 2.05) is 6.07 Å². The highest BCUT2D eigenvalue weighted by Gasteiger charge is 2.31. The van der Waals surface area contributed by atoms with Gasteiger partial charge in [0.1, 0.15) is 23.7 Å². The summed E-state index contributed by atoms with van der Waals surface area (Å²) in [7, 11) is 0. The number of carbonyl (C=O) groups is 1. The van der Waals surface area contributed by atoms with E-state index in [1.165, 1.54) is 11.0 Å². The molecule has 0 bridgehead atoms. The monoisotopic (exact) mass is 556 g/mol. The molecule has 13 heteroatoms. The number of benzene rings is 2. The Labute approximate surface area is 228 Å². The van der Waals surface area contributed by atoms with Crippen LogP contribution in [-0.4, -0.2) is 68.3 Å². The van der Waals surface area contributed by atoms with Gasteiger partial charge in [0.15, 0.2) is 12.8 Å². The lowest BCUT2D eigenvalue weighted by molar-refractivity contribution is -0.0386. The minimum absolute atomic E-state index is 0.0234. The van der Waals surface area contributed by atoms with E-state index in [4.69, 9.17) is 19.3 Å². The second-order valence-electron chi connectivity index (χ2n) is 9.40. The largest absolute Gasteiger partial charge is 0.487 e. The third-order valence-corrected chi connectivity index (χ3v) is 6.34. The number of aliphatic hydroxyl groups excluding tert-OH is 1. The predicted octanol–water partition coefficient (Wildman–Crippen LogP) is 3.93. The van der Waals surface area contributed by atoms with Gasteiger partial charge in [-0.1, -0.05) is 30.3 Å². The van der Waals surface area contributed by atoms with Crippen LogP contribution in [0.5, 0.6) is 5.75 Å². The number of amides is 1. The van der Waals surface area contributed by atoms with Gasteiger partial charge >= 0.3 is 6.09 Å². The van der Waals surface area contributed by atoms with Crippen molar-refractivity contribution in [1.82, 2.24) is 30.1 Å². The lowest BCUT2D eigenvalue weighted by Gasteiger charge is -2.23. The Hall–Kier alpha value is -4.10. The zero-order chi connectivity index (χ0) is 28.0. The van der Waals surface area contributed by atoms with E-state index in [2.05, 4.69) is 15.5 Å². The normalized spacial score (nSPS) is 15.7. The molecule has 1 fully saturated rings. The first kappa shape index (κ1) is 27.5. The number of aromatic nitrogens is 5. The molecule has 1 amide bonds. The number of rotatable bonds is 11. The number of alkyl halides is 2. The second kappa shape index (κ2) is 12.4. The molecule has 40 heavy (non-hydrogen) atoms. The van der Waals surface area contributed by atoms with Gasteiger partial charge in [-0.3, -0.25) is 0 Å². The average Bonchev–Trinajstić information content (AvgIpc) is 3.60. The number of nitrogens with zero attached hydrogens (tertiary/aromatic N) is 5. The number of fused-ring (bicyclic) bond motifs is 1. The van der Waals surface area contributed by atoms with Crippen molar-refractivity contribution in [1.29, 1.82) is 0 Å². The summed E-state index contributed by atoms with van der Waals surface area (Å²) < 4.78 is 47.2. The van der Waals surface area contributed by atoms with Crippen LogP contribution < -0.4 is 10.1 Å². The molecule has 2 aromatic carbocycles. The summed E-state index contributed by atoms with van der Waals surface area (Å²) in [6, 6.07) is 13.9. The molecule has 1 unspecified atom stereocenters. The Balaban J connectivity index is 1.27. The maximum absolute atomic E-state index is 14.5. The first-order chi connectivity index (χ1) is 19.4. The highest BCUT2D eigenvalue weighted by atomic mass is 19.3. The summed E-state index contributed by atoms with van der Waals surface area (Å²) in [6.45, 7) is -1.20. The maximum Gasteiger partial charge on any atom is 0.407 e. The van der Waals surface area contributed by atoms with Crippen molar-refractivity contribution in [3.8, 4) is 17.1 Å². The quantitative estimate of drug-likeness (QED) is 0.285. The Morgan fingerprint density at radius 2 is 2.02 bits per heavy atom. The fourth-order valence-corrected chi connectivity index (χ4v) is 4.35. The van der Waals surface area contributed by atoms with Gasteiger partial charge in [-0.25, -0.2) is 18.3 Å². The van der Waals surface area contributed by atoms with E-state index >= 15 is 0 Å². The van der Waals surface area contributed by atoms with Crippen LogP contribution in [0.15, 0.2) is 54.7 Å². The zero-order valence-corrected chi connectivity index (χ0v) is 21.7. The SMILES string of the molecule is O=C(NCC(F)(F)COc1ccc2c(c1)c(-c1cnn(CCO)n1)nn2C1CCCCO1)OCc1ccccc1. The molecule has 0 radical (unpaired) electrons. The van der Waals surface area contributed by atoms with Crippen molar-refractivity contribution < 1.29 is 32.9 Å². The van der Waals surface area contributed by atoms with E-state index in [9.17, 15) is 18.7 Å². The summed E-state index contributed by atoms with van der Waals surface area (Å²) in [4.78, 5) is 13.2. The van der Waals surface area contributed by atoms with Gasteiger partial charge in [-0.05, 0) is 43.0 Å². The summed E-state index contributed by atoms with van der Waals surface area (Å²) in [5.41, 5.74) is 2.44. The third-order valence-electron chi connectivity index (χ3n) is 6.34. The molecule has 0 aliphatic carbocycles. The number of hydrogen-bond donors (Lipinski definition) is 2. The van der Waals surface area contributed by atoms with Crippen LogP contribution >= 0.6 is 0 Å². The Morgan fingerprint density at radius 1 is 1.18 bits per heavy atom. The Bertz CT molecular complexity index is 1420. The van der Waals surface area contributed by atoms with Gasteiger partial charge in [0.05, 0.1) is 31.4 Å². The molecular weight excluding hydrogens is 526 g/mol. The summed E-state index contributed by atoms with van der Waals surface area (Å²) >= 11 is 0. The van der Waals surface area contributed by atoms with Crippen LogP contribution in [0.25, 0.3) is 22.3 Å². The van der Waals surface area contributed by atoms with Crippen molar-refractivity contribution in [3.63, 3.8) is 0 Å². The molecule has 11 nitrogen and oxygen atoms in total. The molecule has 3 heterocycles. The summed E-state index contributed by atoms with van der Waals surface area (Å²) in [6.07, 6.45) is 3.09. The van der Waals surface area contributed by atoms with Crippen molar-refractivity contribution >= 4 is 17.0 Å². The van der Waals surface area contributed by atoms with Crippen LogP contribution in [0.3, 0.4) is 0 Å². The molecular formula is C27H30F2N6O5.